The van der Waals surface area contributed by atoms with E-state index in [0.717, 1.165) is 29.9 Å². The highest BCUT2D eigenvalue weighted by atomic mass is 35.5. The lowest BCUT2D eigenvalue weighted by molar-refractivity contribution is 0.223. The van der Waals surface area contributed by atoms with Crippen molar-refractivity contribution in [2.45, 2.75) is 40.5 Å². The van der Waals surface area contributed by atoms with Gasteiger partial charge in [0.05, 0.1) is 13.7 Å². The van der Waals surface area contributed by atoms with E-state index in [1.54, 1.807) is 7.11 Å². The minimum Gasteiger partial charge on any atom is -0.495 e. The molecule has 0 saturated heterocycles. The van der Waals surface area contributed by atoms with Crippen molar-refractivity contribution in [1.29, 1.82) is 0 Å². The topological polar surface area (TPSA) is 31.6 Å². The van der Waals surface area contributed by atoms with E-state index in [0.29, 0.717) is 35.0 Å². The Bertz CT molecular complexity index is 661. The molecule has 1 unspecified atom stereocenters. The van der Waals surface area contributed by atoms with Gasteiger partial charge in [-0.3, -0.25) is 0 Å². The number of rotatable bonds is 8. The fourth-order valence-corrected chi connectivity index (χ4v) is 2.54. The quantitative estimate of drug-likeness (QED) is 0.565. The molecule has 1 aromatic carbocycles. The summed E-state index contributed by atoms with van der Waals surface area (Å²) in [7, 11) is 1.61. The highest BCUT2D eigenvalue weighted by Crippen LogP contribution is 2.39. The molecule has 132 valence electrons. The molecule has 0 aliphatic heterocycles. The summed E-state index contributed by atoms with van der Waals surface area (Å²) in [6, 6.07) is 7.80. The first-order valence-electron chi connectivity index (χ1n) is 8.55. The normalized spacial score (nSPS) is 12.5. The van der Waals surface area contributed by atoms with Crippen LogP contribution in [0.15, 0.2) is 28.7 Å². The molecule has 1 heterocycles. The van der Waals surface area contributed by atoms with Crippen LogP contribution in [0.1, 0.15) is 39.9 Å². The zero-order valence-corrected chi connectivity index (χ0v) is 15.9. The van der Waals surface area contributed by atoms with Crippen molar-refractivity contribution >= 4 is 11.6 Å². The fourth-order valence-electron chi connectivity index (χ4n) is 2.30. The maximum Gasteiger partial charge on any atom is 0.142 e. The van der Waals surface area contributed by atoms with E-state index in [1.807, 2.05) is 24.3 Å². The number of hydrogen-bond donors (Lipinski definition) is 0. The van der Waals surface area contributed by atoms with Gasteiger partial charge in [0.1, 0.15) is 28.0 Å². The molecule has 2 rings (SSSR count). The second kappa shape index (κ2) is 8.48. The molecule has 3 nitrogen and oxygen atoms in total. The van der Waals surface area contributed by atoms with Crippen molar-refractivity contribution in [1.82, 2.24) is 0 Å². The molecule has 24 heavy (non-hydrogen) atoms. The molecule has 2 aromatic rings. The summed E-state index contributed by atoms with van der Waals surface area (Å²) in [6.07, 6.45) is 1.98. The Labute approximate surface area is 149 Å². The molecule has 0 aliphatic carbocycles. The number of aryl methyl sites for hydroxylation is 1. The van der Waals surface area contributed by atoms with E-state index in [9.17, 15) is 0 Å². The third kappa shape index (κ3) is 4.47. The third-order valence-corrected chi connectivity index (χ3v) is 4.68. The van der Waals surface area contributed by atoms with E-state index in [1.165, 1.54) is 0 Å². The van der Waals surface area contributed by atoms with Gasteiger partial charge in [0.25, 0.3) is 0 Å². The average molecular weight is 351 g/mol. The molecular formula is C20H27ClO3. The van der Waals surface area contributed by atoms with E-state index in [2.05, 4.69) is 27.7 Å². The summed E-state index contributed by atoms with van der Waals surface area (Å²) in [5.41, 5.74) is 0.908. The van der Waals surface area contributed by atoms with Crippen molar-refractivity contribution in [2.75, 3.05) is 13.7 Å². The molecule has 0 N–H and O–H groups in total. The summed E-state index contributed by atoms with van der Waals surface area (Å²) in [5.74, 6) is 4.00. The second-order valence-electron chi connectivity index (χ2n) is 6.54. The Morgan fingerprint density at radius 3 is 2.46 bits per heavy atom. The molecule has 1 atom stereocenters. The van der Waals surface area contributed by atoms with E-state index in [4.69, 9.17) is 25.5 Å². The first kappa shape index (κ1) is 18.7. The summed E-state index contributed by atoms with van der Waals surface area (Å²) < 4.78 is 17.3. The number of furan rings is 1. The number of methoxy groups -OCH3 is 1. The molecule has 1 aromatic heterocycles. The molecule has 0 spiro atoms. The standard InChI is InChI=1S/C20H27ClO3/c1-6-7-16-8-9-17(24-16)15-10-18(22-5)20(21)19(11-15)23-12-14(4)13(2)3/h8-11,13-14H,6-7,12H2,1-5H3. The molecule has 0 amide bonds. The van der Waals surface area contributed by atoms with Crippen molar-refractivity contribution in [2.24, 2.45) is 11.8 Å². The van der Waals surface area contributed by atoms with Gasteiger partial charge in [-0.2, -0.15) is 0 Å². The van der Waals surface area contributed by atoms with Gasteiger partial charge in [-0.25, -0.2) is 0 Å². The Hall–Kier alpha value is -1.61. The summed E-state index contributed by atoms with van der Waals surface area (Å²) in [4.78, 5) is 0. The first-order chi connectivity index (χ1) is 11.5. The van der Waals surface area contributed by atoms with Gasteiger partial charge in [-0.05, 0) is 42.5 Å². The smallest absolute Gasteiger partial charge is 0.142 e. The van der Waals surface area contributed by atoms with Gasteiger partial charge in [-0.1, -0.05) is 39.3 Å². The van der Waals surface area contributed by atoms with Crippen LogP contribution >= 0.6 is 11.6 Å². The molecule has 0 radical (unpaired) electrons. The second-order valence-corrected chi connectivity index (χ2v) is 6.92. The maximum atomic E-state index is 6.41. The van der Waals surface area contributed by atoms with Gasteiger partial charge < -0.3 is 13.9 Å². The van der Waals surface area contributed by atoms with Gasteiger partial charge in [-0.15, -0.1) is 0 Å². The Morgan fingerprint density at radius 1 is 1.12 bits per heavy atom. The monoisotopic (exact) mass is 350 g/mol. The average Bonchev–Trinajstić information content (AvgIpc) is 3.02. The molecule has 0 aliphatic rings. The van der Waals surface area contributed by atoms with E-state index < -0.39 is 0 Å². The highest BCUT2D eigenvalue weighted by Gasteiger charge is 2.16. The lowest BCUT2D eigenvalue weighted by atomic mass is 9.99. The van der Waals surface area contributed by atoms with Crippen molar-refractivity contribution in [3.63, 3.8) is 0 Å². The maximum absolute atomic E-state index is 6.41. The van der Waals surface area contributed by atoms with Gasteiger partial charge in [0.2, 0.25) is 0 Å². The van der Waals surface area contributed by atoms with Crippen LogP contribution in [0.4, 0.5) is 0 Å². The zero-order chi connectivity index (χ0) is 17.7. The Morgan fingerprint density at radius 2 is 1.83 bits per heavy atom. The van der Waals surface area contributed by atoms with Crippen LogP contribution in [0.5, 0.6) is 11.5 Å². The van der Waals surface area contributed by atoms with Gasteiger partial charge in [0, 0.05) is 12.0 Å². The fraction of sp³-hybridized carbons (Fsp3) is 0.500. The largest absolute Gasteiger partial charge is 0.495 e. The third-order valence-electron chi connectivity index (χ3n) is 4.31. The predicted octanol–water partition coefficient (Wildman–Crippen LogP) is 6.23. The Kier molecular flexibility index (Phi) is 6.61. The van der Waals surface area contributed by atoms with Crippen molar-refractivity contribution in [3.05, 3.63) is 35.0 Å². The number of benzene rings is 1. The van der Waals surface area contributed by atoms with Crippen LogP contribution in [0.3, 0.4) is 0 Å². The van der Waals surface area contributed by atoms with Crippen molar-refractivity contribution < 1.29 is 13.9 Å². The van der Waals surface area contributed by atoms with Gasteiger partial charge >= 0.3 is 0 Å². The number of ether oxygens (including phenoxy) is 2. The highest BCUT2D eigenvalue weighted by molar-refractivity contribution is 6.33. The van der Waals surface area contributed by atoms with Gasteiger partial charge in [0.15, 0.2) is 0 Å². The van der Waals surface area contributed by atoms with Crippen LogP contribution in [0.25, 0.3) is 11.3 Å². The summed E-state index contributed by atoms with van der Waals surface area (Å²) >= 11 is 6.41. The SMILES string of the molecule is CCCc1ccc(-c2cc(OC)c(Cl)c(OCC(C)C(C)C)c2)o1. The lowest BCUT2D eigenvalue weighted by Gasteiger charge is -2.18. The number of halogens is 1. The van der Waals surface area contributed by atoms with Crippen LogP contribution in [-0.4, -0.2) is 13.7 Å². The van der Waals surface area contributed by atoms with Crippen LogP contribution in [-0.2, 0) is 6.42 Å². The van der Waals surface area contributed by atoms with Crippen LogP contribution < -0.4 is 9.47 Å². The van der Waals surface area contributed by atoms with E-state index in [-0.39, 0.29) is 0 Å². The van der Waals surface area contributed by atoms with Crippen molar-refractivity contribution in [3.8, 4) is 22.8 Å². The molecular weight excluding hydrogens is 324 g/mol. The summed E-state index contributed by atoms with van der Waals surface area (Å²) in [6.45, 7) is 9.29. The Balaban J connectivity index is 2.29. The first-order valence-corrected chi connectivity index (χ1v) is 8.93. The molecule has 0 bridgehead atoms. The minimum atomic E-state index is 0.440. The molecule has 0 saturated carbocycles. The summed E-state index contributed by atoms with van der Waals surface area (Å²) in [5, 5.41) is 0.498. The lowest BCUT2D eigenvalue weighted by Crippen LogP contribution is -2.14. The zero-order valence-electron chi connectivity index (χ0n) is 15.2. The number of hydrogen-bond acceptors (Lipinski definition) is 3. The minimum absolute atomic E-state index is 0.440. The predicted molar refractivity (Wildman–Crippen MR) is 99.2 cm³/mol. The molecule has 4 heteroatoms. The van der Waals surface area contributed by atoms with Crippen LogP contribution in [0, 0.1) is 11.8 Å². The molecule has 0 fully saturated rings. The van der Waals surface area contributed by atoms with E-state index >= 15 is 0 Å². The van der Waals surface area contributed by atoms with Crippen LogP contribution in [0.2, 0.25) is 5.02 Å².